The van der Waals surface area contributed by atoms with Crippen molar-refractivity contribution in [1.29, 1.82) is 0 Å². The summed E-state index contributed by atoms with van der Waals surface area (Å²) in [6.07, 6.45) is 17.7. The van der Waals surface area contributed by atoms with Crippen molar-refractivity contribution in [2.75, 3.05) is 0 Å². The van der Waals surface area contributed by atoms with Crippen LogP contribution in [0.1, 0.15) is 103 Å². The van der Waals surface area contributed by atoms with E-state index in [0.717, 1.165) is 40.9 Å². The van der Waals surface area contributed by atoms with Gasteiger partial charge in [0.2, 0.25) is 5.91 Å². The van der Waals surface area contributed by atoms with E-state index in [4.69, 9.17) is 0 Å². The monoisotopic (exact) mass is 467 g/mol. The molecule has 2 nitrogen and oxygen atoms in total. The summed E-state index contributed by atoms with van der Waals surface area (Å²) >= 11 is 1.46. The van der Waals surface area contributed by atoms with E-state index in [-0.39, 0.29) is 5.91 Å². The fraction of sp³-hybridized carbons (Fsp3) is 0.767. The topological polar surface area (TPSA) is 29.1 Å². The lowest BCUT2D eigenvalue weighted by Gasteiger charge is -2.60. The predicted octanol–water partition coefficient (Wildman–Crippen LogP) is 8.34. The third-order valence-electron chi connectivity index (χ3n) is 11.0. The highest BCUT2D eigenvalue weighted by atomic mass is 32.2. The lowest BCUT2D eigenvalue weighted by molar-refractivity contribution is -0.119. The zero-order valence-electron chi connectivity index (χ0n) is 21.2. The second-order valence-corrected chi connectivity index (χ2v) is 13.4. The van der Waals surface area contributed by atoms with Gasteiger partial charge in [0.25, 0.3) is 0 Å². The Kier molecular flexibility index (Phi) is 6.91. The Balaban J connectivity index is 1.13. The van der Waals surface area contributed by atoms with Gasteiger partial charge in [-0.1, -0.05) is 44.4 Å². The van der Waals surface area contributed by atoms with E-state index in [1.807, 2.05) is 0 Å². The Morgan fingerprint density at radius 2 is 1.73 bits per heavy atom. The van der Waals surface area contributed by atoms with Crippen LogP contribution in [0.15, 0.2) is 29.2 Å². The number of carbonyl (C=O) groups excluding carboxylic acids is 1. The van der Waals surface area contributed by atoms with Crippen molar-refractivity contribution in [3.63, 3.8) is 0 Å². The van der Waals surface area contributed by atoms with Crippen LogP contribution in [0.4, 0.5) is 0 Å². The van der Waals surface area contributed by atoms with Crippen LogP contribution >= 0.6 is 11.9 Å². The van der Waals surface area contributed by atoms with Crippen LogP contribution in [0.25, 0.3) is 0 Å². The molecule has 1 N–H and O–H groups in total. The van der Waals surface area contributed by atoms with E-state index >= 15 is 0 Å². The summed E-state index contributed by atoms with van der Waals surface area (Å²) in [6.45, 7) is 7.43. The third-order valence-corrected chi connectivity index (χ3v) is 11.9. The fourth-order valence-electron chi connectivity index (χ4n) is 9.16. The number of hydrogen-bond acceptors (Lipinski definition) is 2. The van der Waals surface area contributed by atoms with Crippen LogP contribution in [-0.2, 0) is 4.79 Å². The molecule has 0 saturated heterocycles. The number of rotatable bonds is 6. The van der Waals surface area contributed by atoms with Gasteiger partial charge in [0, 0.05) is 11.3 Å². The number of hydrogen-bond donors (Lipinski definition) is 1. The standard InChI is InChI=1S/C30H45NOS/c1-21-10-14-24(15-11-21)33-31-28(32)9-6-8-23-13-17-26-25-16-12-22-7-4-5-19-29(22,2)27(25)18-20-30(23,26)3/h10-11,14-15,22-23,25-27H,4-9,12-13,16-20H2,1-3H3,(H,31,32). The first kappa shape index (κ1) is 23.8. The van der Waals surface area contributed by atoms with E-state index in [2.05, 4.69) is 49.8 Å². The molecule has 5 rings (SSSR count). The Hall–Kier alpha value is -0.960. The van der Waals surface area contributed by atoms with E-state index in [1.54, 1.807) is 0 Å². The maximum absolute atomic E-state index is 12.4. The molecule has 0 bridgehead atoms. The summed E-state index contributed by atoms with van der Waals surface area (Å²) in [6, 6.07) is 8.36. The van der Waals surface area contributed by atoms with Gasteiger partial charge < -0.3 is 0 Å². The highest BCUT2D eigenvalue weighted by Gasteiger charge is 2.59. The van der Waals surface area contributed by atoms with Crippen LogP contribution in [0.3, 0.4) is 0 Å². The second kappa shape index (κ2) is 9.59. The zero-order chi connectivity index (χ0) is 23.1. The van der Waals surface area contributed by atoms with Crippen LogP contribution < -0.4 is 4.72 Å². The van der Waals surface area contributed by atoms with Gasteiger partial charge in [-0.2, -0.15) is 0 Å². The van der Waals surface area contributed by atoms with Crippen LogP contribution in [-0.4, -0.2) is 5.91 Å². The summed E-state index contributed by atoms with van der Waals surface area (Å²) in [5.74, 6) is 4.97. The van der Waals surface area contributed by atoms with Crippen LogP contribution in [0.2, 0.25) is 0 Å². The second-order valence-electron chi connectivity index (χ2n) is 12.6. The molecule has 7 atom stereocenters. The Morgan fingerprint density at radius 1 is 0.939 bits per heavy atom. The first-order valence-corrected chi connectivity index (χ1v) is 14.7. The van der Waals surface area contributed by atoms with Gasteiger partial charge in [-0.05, 0) is 136 Å². The summed E-state index contributed by atoms with van der Waals surface area (Å²) in [5, 5.41) is 0. The quantitative estimate of drug-likeness (QED) is 0.426. The minimum absolute atomic E-state index is 0.188. The van der Waals surface area contributed by atoms with Crippen LogP contribution in [0.5, 0.6) is 0 Å². The largest absolute Gasteiger partial charge is 0.296 e. The maximum atomic E-state index is 12.4. The third kappa shape index (κ3) is 4.53. The Labute approximate surface area is 206 Å². The van der Waals surface area contributed by atoms with Crippen molar-refractivity contribution in [3.8, 4) is 0 Å². The predicted molar refractivity (Wildman–Crippen MR) is 139 cm³/mol. The first-order valence-electron chi connectivity index (χ1n) is 13.9. The molecule has 4 saturated carbocycles. The molecule has 0 spiro atoms. The molecule has 4 fully saturated rings. The SMILES string of the molecule is Cc1ccc(SNC(=O)CCCC2CCC3C4CCC5CCCCC5(C)C4CCC23C)cc1. The molecule has 3 heteroatoms. The van der Waals surface area contributed by atoms with Gasteiger partial charge in [-0.15, -0.1) is 0 Å². The van der Waals surface area contributed by atoms with Crippen molar-refractivity contribution in [2.24, 2.45) is 40.4 Å². The van der Waals surface area contributed by atoms with Gasteiger partial charge in [-0.3, -0.25) is 9.52 Å². The molecule has 182 valence electrons. The molecule has 0 radical (unpaired) electrons. The molecule has 1 amide bonds. The number of fused-ring (bicyclic) bond motifs is 5. The molecule has 0 aromatic heterocycles. The summed E-state index contributed by atoms with van der Waals surface area (Å²) in [7, 11) is 0. The Bertz CT molecular complexity index is 836. The average molecular weight is 468 g/mol. The number of carbonyl (C=O) groups is 1. The maximum Gasteiger partial charge on any atom is 0.230 e. The molecule has 0 aliphatic heterocycles. The van der Waals surface area contributed by atoms with Gasteiger partial charge in [0.1, 0.15) is 0 Å². The number of benzene rings is 1. The van der Waals surface area contributed by atoms with Crippen molar-refractivity contribution >= 4 is 17.9 Å². The number of aryl methyl sites for hydroxylation is 1. The van der Waals surface area contributed by atoms with Crippen molar-refractivity contribution in [1.82, 2.24) is 4.72 Å². The van der Waals surface area contributed by atoms with Crippen LogP contribution in [0, 0.1) is 47.3 Å². The average Bonchev–Trinajstić information content (AvgIpc) is 3.14. The molecule has 33 heavy (non-hydrogen) atoms. The molecular weight excluding hydrogens is 422 g/mol. The van der Waals surface area contributed by atoms with Gasteiger partial charge in [0.05, 0.1) is 0 Å². The number of nitrogens with one attached hydrogen (secondary N) is 1. The molecule has 4 aliphatic carbocycles. The van der Waals surface area contributed by atoms with Crippen molar-refractivity contribution in [3.05, 3.63) is 29.8 Å². The first-order chi connectivity index (χ1) is 15.9. The lowest BCUT2D eigenvalue weighted by Crippen LogP contribution is -2.52. The summed E-state index contributed by atoms with van der Waals surface area (Å²) in [5.41, 5.74) is 2.43. The molecule has 7 unspecified atom stereocenters. The number of amides is 1. The zero-order valence-corrected chi connectivity index (χ0v) is 22.0. The smallest absolute Gasteiger partial charge is 0.230 e. The highest BCUT2D eigenvalue weighted by molar-refractivity contribution is 7.98. The van der Waals surface area contributed by atoms with Crippen molar-refractivity contribution in [2.45, 2.75) is 109 Å². The molecule has 1 aromatic carbocycles. The summed E-state index contributed by atoms with van der Waals surface area (Å²) < 4.78 is 3.06. The Morgan fingerprint density at radius 3 is 2.55 bits per heavy atom. The van der Waals surface area contributed by atoms with Gasteiger partial charge in [-0.25, -0.2) is 0 Å². The normalized spacial score (nSPS) is 39.9. The lowest BCUT2D eigenvalue weighted by atomic mass is 9.45. The fourth-order valence-corrected chi connectivity index (χ4v) is 9.77. The molecule has 1 aromatic rings. The van der Waals surface area contributed by atoms with E-state index in [1.165, 1.54) is 88.1 Å². The molecule has 4 aliphatic rings. The van der Waals surface area contributed by atoms with Gasteiger partial charge >= 0.3 is 0 Å². The summed E-state index contributed by atoms with van der Waals surface area (Å²) in [4.78, 5) is 13.6. The minimum atomic E-state index is 0.188. The van der Waals surface area contributed by atoms with E-state index in [0.29, 0.717) is 17.3 Å². The van der Waals surface area contributed by atoms with Gasteiger partial charge in [0.15, 0.2) is 0 Å². The molecule has 0 heterocycles. The highest BCUT2D eigenvalue weighted by Crippen LogP contribution is 2.67. The molecular formula is C30H45NOS. The van der Waals surface area contributed by atoms with Crippen molar-refractivity contribution < 1.29 is 4.79 Å². The van der Waals surface area contributed by atoms with E-state index in [9.17, 15) is 4.79 Å². The van der Waals surface area contributed by atoms with E-state index < -0.39 is 0 Å². The minimum Gasteiger partial charge on any atom is -0.296 e.